The molecule has 0 bridgehead atoms. The van der Waals surface area contributed by atoms with E-state index in [1.165, 1.54) is 6.92 Å². The molecule has 0 radical (unpaired) electrons. The Labute approximate surface area is 137 Å². The van der Waals surface area contributed by atoms with Crippen molar-refractivity contribution in [2.24, 2.45) is 0 Å². The van der Waals surface area contributed by atoms with Gasteiger partial charge in [0.15, 0.2) is 6.10 Å². The average Bonchev–Trinajstić information content (AvgIpc) is 2.75. The van der Waals surface area contributed by atoms with Gasteiger partial charge in [0.25, 0.3) is 5.91 Å². The molecule has 0 spiro atoms. The van der Waals surface area contributed by atoms with Crippen LogP contribution in [0.1, 0.15) is 34.4 Å². The highest BCUT2D eigenvalue weighted by atomic mass is 19.1. The molecule has 24 heavy (non-hydrogen) atoms. The summed E-state index contributed by atoms with van der Waals surface area (Å²) in [5.41, 5.74) is 0.555. The molecule has 2 rings (SSSR count). The Kier molecular flexibility index (Phi) is 5.02. The smallest absolute Gasteiger partial charge is 0.342 e. The van der Waals surface area contributed by atoms with Crippen molar-refractivity contribution < 1.29 is 27.5 Å². The van der Waals surface area contributed by atoms with E-state index in [2.05, 4.69) is 5.32 Å². The number of nitrogens with one attached hydrogen (secondary N) is 1. The van der Waals surface area contributed by atoms with Gasteiger partial charge in [-0.15, -0.1) is 0 Å². The monoisotopic (exact) mass is 337 g/mol. The third kappa shape index (κ3) is 3.61. The normalized spacial score (nSPS) is 11.9. The second-order valence-corrected chi connectivity index (χ2v) is 5.38. The van der Waals surface area contributed by atoms with E-state index in [9.17, 15) is 18.4 Å². The lowest BCUT2D eigenvalue weighted by molar-refractivity contribution is -0.123. The first-order valence-electron chi connectivity index (χ1n) is 7.24. The molecule has 0 saturated heterocycles. The molecule has 1 amide bonds. The third-order valence-electron chi connectivity index (χ3n) is 3.60. The fourth-order valence-corrected chi connectivity index (χ4v) is 2.19. The molecule has 0 fully saturated rings. The predicted molar refractivity (Wildman–Crippen MR) is 82.8 cm³/mol. The van der Waals surface area contributed by atoms with Crippen LogP contribution in [0.15, 0.2) is 22.6 Å². The lowest BCUT2D eigenvalue weighted by atomic mass is 10.1. The maximum absolute atomic E-state index is 13.5. The number of furan rings is 1. The van der Waals surface area contributed by atoms with Gasteiger partial charge in [-0.25, -0.2) is 13.6 Å². The number of aryl methyl sites for hydroxylation is 2. The quantitative estimate of drug-likeness (QED) is 0.865. The van der Waals surface area contributed by atoms with Crippen molar-refractivity contribution in [3.8, 4) is 0 Å². The number of amides is 1. The molecule has 0 aliphatic heterocycles. The highest BCUT2D eigenvalue weighted by Crippen LogP contribution is 2.22. The number of esters is 1. The van der Waals surface area contributed by atoms with Gasteiger partial charge in [-0.05, 0) is 39.8 Å². The lowest BCUT2D eigenvalue weighted by Crippen LogP contribution is -2.30. The van der Waals surface area contributed by atoms with Crippen LogP contribution in [0.5, 0.6) is 0 Å². The van der Waals surface area contributed by atoms with E-state index >= 15 is 0 Å². The minimum Gasteiger partial charge on any atom is -0.465 e. The van der Waals surface area contributed by atoms with E-state index in [1.54, 1.807) is 20.8 Å². The third-order valence-corrected chi connectivity index (χ3v) is 3.60. The molecule has 1 atom stereocenters. The first-order chi connectivity index (χ1) is 11.2. The van der Waals surface area contributed by atoms with Crippen LogP contribution in [0.3, 0.4) is 0 Å². The summed E-state index contributed by atoms with van der Waals surface area (Å²) in [7, 11) is 0. The number of carbonyl (C=O) groups is 2. The summed E-state index contributed by atoms with van der Waals surface area (Å²) in [4.78, 5) is 24.2. The summed E-state index contributed by atoms with van der Waals surface area (Å²) in [6.45, 7) is 6.36. The SMILES string of the molecule is Cc1oc(C)c(C(=O)O[C@H](C)C(=O)Nc2cc(F)ccc2F)c1C. The molecular weight excluding hydrogens is 320 g/mol. The standard InChI is InChI=1S/C17H17F2NO4/c1-8-9(2)23-10(3)15(8)17(22)24-11(4)16(21)20-14-7-12(18)5-6-13(14)19/h5-7,11H,1-4H3,(H,20,21)/t11-/m1/s1. The molecular formula is C17H17F2NO4. The maximum Gasteiger partial charge on any atom is 0.342 e. The predicted octanol–water partition coefficient (Wildman–Crippen LogP) is 3.67. The Morgan fingerprint density at radius 2 is 1.83 bits per heavy atom. The molecule has 1 heterocycles. The largest absolute Gasteiger partial charge is 0.465 e. The molecule has 1 aromatic heterocycles. The zero-order valence-electron chi connectivity index (χ0n) is 13.7. The van der Waals surface area contributed by atoms with Crippen LogP contribution in [-0.2, 0) is 9.53 Å². The number of benzene rings is 1. The summed E-state index contributed by atoms with van der Waals surface area (Å²) < 4.78 is 37.1. The van der Waals surface area contributed by atoms with Crippen molar-refractivity contribution in [1.29, 1.82) is 0 Å². The average molecular weight is 337 g/mol. The molecule has 0 aliphatic carbocycles. The second-order valence-electron chi connectivity index (χ2n) is 5.38. The van der Waals surface area contributed by atoms with Gasteiger partial charge in [-0.2, -0.15) is 0 Å². The van der Waals surface area contributed by atoms with Crippen LogP contribution in [0, 0.1) is 32.4 Å². The van der Waals surface area contributed by atoms with Crippen LogP contribution in [0.25, 0.3) is 0 Å². The van der Waals surface area contributed by atoms with E-state index in [1.807, 2.05) is 0 Å². The highest BCUT2D eigenvalue weighted by molar-refractivity contribution is 5.98. The van der Waals surface area contributed by atoms with Gasteiger partial charge in [-0.3, -0.25) is 4.79 Å². The molecule has 2 aromatic rings. The van der Waals surface area contributed by atoms with Gasteiger partial charge < -0.3 is 14.5 Å². The first kappa shape index (κ1) is 17.7. The zero-order valence-corrected chi connectivity index (χ0v) is 13.7. The molecule has 5 nitrogen and oxygen atoms in total. The summed E-state index contributed by atoms with van der Waals surface area (Å²) in [6, 6.07) is 2.67. The summed E-state index contributed by atoms with van der Waals surface area (Å²) in [5.74, 6) is -2.01. The van der Waals surface area contributed by atoms with E-state index < -0.39 is 29.6 Å². The Balaban J connectivity index is 2.08. The van der Waals surface area contributed by atoms with Gasteiger partial charge in [0.2, 0.25) is 0 Å². The molecule has 1 aromatic carbocycles. The van der Waals surface area contributed by atoms with Crippen LogP contribution >= 0.6 is 0 Å². The number of hydrogen-bond acceptors (Lipinski definition) is 4. The van der Waals surface area contributed by atoms with Crippen molar-refractivity contribution in [3.05, 3.63) is 52.5 Å². The van der Waals surface area contributed by atoms with Gasteiger partial charge in [-0.1, -0.05) is 0 Å². The summed E-state index contributed by atoms with van der Waals surface area (Å²) >= 11 is 0. The molecule has 7 heteroatoms. The van der Waals surface area contributed by atoms with Gasteiger partial charge in [0.05, 0.1) is 5.69 Å². The Morgan fingerprint density at radius 1 is 1.17 bits per heavy atom. The molecule has 0 unspecified atom stereocenters. The van der Waals surface area contributed by atoms with Crippen molar-refractivity contribution >= 4 is 17.6 Å². The number of anilines is 1. The van der Waals surface area contributed by atoms with Crippen molar-refractivity contribution in [2.75, 3.05) is 5.32 Å². The van der Waals surface area contributed by atoms with E-state index in [0.717, 1.165) is 18.2 Å². The van der Waals surface area contributed by atoms with Crippen LogP contribution in [-0.4, -0.2) is 18.0 Å². The van der Waals surface area contributed by atoms with Gasteiger partial charge in [0, 0.05) is 11.6 Å². The zero-order chi connectivity index (χ0) is 18.0. The molecule has 0 aliphatic rings. The summed E-state index contributed by atoms with van der Waals surface area (Å²) in [5, 5.41) is 2.19. The van der Waals surface area contributed by atoms with E-state index in [0.29, 0.717) is 17.1 Å². The summed E-state index contributed by atoms with van der Waals surface area (Å²) in [6.07, 6.45) is -1.20. The fraction of sp³-hybridized carbons (Fsp3) is 0.294. The minimum absolute atomic E-state index is 0.254. The van der Waals surface area contributed by atoms with Crippen molar-refractivity contribution in [2.45, 2.75) is 33.8 Å². The Morgan fingerprint density at radius 3 is 2.42 bits per heavy atom. The van der Waals surface area contributed by atoms with Crippen LogP contribution < -0.4 is 5.32 Å². The lowest BCUT2D eigenvalue weighted by Gasteiger charge is -2.14. The fourth-order valence-electron chi connectivity index (χ4n) is 2.19. The topological polar surface area (TPSA) is 68.5 Å². The molecule has 1 N–H and O–H groups in total. The minimum atomic E-state index is -1.20. The molecule has 128 valence electrons. The Bertz CT molecular complexity index is 798. The second kappa shape index (κ2) is 6.82. The van der Waals surface area contributed by atoms with E-state index in [-0.39, 0.29) is 11.3 Å². The van der Waals surface area contributed by atoms with Gasteiger partial charge in [0.1, 0.15) is 28.7 Å². The van der Waals surface area contributed by atoms with Crippen LogP contribution in [0.2, 0.25) is 0 Å². The number of carbonyl (C=O) groups excluding carboxylic acids is 2. The molecule has 0 saturated carbocycles. The number of rotatable bonds is 4. The van der Waals surface area contributed by atoms with Crippen molar-refractivity contribution in [3.63, 3.8) is 0 Å². The number of ether oxygens (including phenoxy) is 1. The maximum atomic E-state index is 13.5. The van der Waals surface area contributed by atoms with Gasteiger partial charge >= 0.3 is 5.97 Å². The highest BCUT2D eigenvalue weighted by Gasteiger charge is 2.25. The van der Waals surface area contributed by atoms with Crippen LogP contribution in [0.4, 0.5) is 14.5 Å². The number of halogens is 2. The first-order valence-corrected chi connectivity index (χ1v) is 7.24. The van der Waals surface area contributed by atoms with Crippen molar-refractivity contribution in [1.82, 2.24) is 0 Å². The Hall–Kier alpha value is -2.70. The van der Waals surface area contributed by atoms with E-state index in [4.69, 9.17) is 9.15 Å². The number of hydrogen-bond donors (Lipinski definition) is 1.